The average molecular weight is 215 g/mol. The minimum absolute atomic E-state index is 0.0697. The van der Waals surface area contributed by atoms with Crippen molar-refractivity contribution >= 4 is 0 Å². The van der Waals surface area contributed by atoms with E-state index >= 15 is 0 Å². The molecule has 3 nitrogen and oxygen atoms in total. The van der Waals surface area contributed by atoms with Crippen molar-refractivity contribution in [3.05, 3.63) is 0 Å². The third-order valence-electron chi connectivity index (χ3n) is 2.99. The molecule has 0 aromatic carbocycles. The predicted octanol–water partition coefficient (Wildman–Crippen LogP) is 1.65. The standard InChI is InChI=1S/C12H25NO2/c1-2-5-12(14)6-3-4-7-13-8-10-15-11-9-13/h12,14H,2-11H2,1H3/t12-/m0/s1. The first kappa shape index (κ1) is 12.9. The lowest BCUT2D eigenvalue weighted by Crippen LogP contribution is -2.36. The minimum atomic E-state index is -0.0697. The van der Waals surface area contributed by atoms with E-state index in [1.807, 2.05) is 0 Å². The fraction of sp³-hybridized carbons (Fsp3) is 1.00. The second kappa shape index (κ2) is 8.08. The van der Waals surface area contributed by atoms with Gasteiger partial charge in [0.25, 0.3) is 0 Å². The maximum Gasteiger partial charge on any atom is 0.0594 e. The van der Waals surface area contributed by atoms with Gasteiger partial charge in [-0.3, -0.25) is 4.90 Å². The number of rotatable bonds is 7. The SMILES string of the molecule is CCC[C@H](O)CCCCN1CCOCC1. The summed E-state index contributed by atoms with van der Waals surface area (Å²) < 4.78 is 5.29. The molecule has 0 saturated carbocycles. The van der Waals surface area contributed by atoms with Crippen LogP contribution in [0, 0.1) is 0 Å². The Bertz CT molecular complexity index is 147. The van der Waals surface area contributed by atoms with Crippen molar-refractivity contribution in [3.63, 3.8) is 0 Å². The zero-order valence-corrected chi connectivity index (χ0v) is 9.95. The van der Waals surface area contributed by atoms with E-state index in [0.717, 1.165) is 52.0 Å². The lowest BCUT2D eigenvalue weighted by molar-refractivity contribution is 0.0365. The van der Waals surface area contributed by atoms with E-state index in [-0.39, 0.29) is 6.10 Å². The van der Waals surface area contributed by atoms with Crippen LogP contribution in [0.15, 0.2) is 0 Å². The van der Waals surface area contributed by atoms with Gasteiger partial charge in [0.1, 0.15) is 0 Å². The quantitative estimate of drug-likeness (QED) is 0.655. The molecular formula is C12H25NO2. The summed E-state index contributed by atoms with van der Waals surface area (Å²) in [7, 11) is 0. The van der Waals surface area contributed by atoms with E-state index in [0.29, 0.717) is 0 Å². The van der Waals surface area contributed by atoms with Gasteiger partial charge < -0.3 is 9.84 Å². The van der Waals surface area contributed by atoms with Crippen molar-refractivity contribution in [2.45, 2.75) is 45.1 Å². The number of aliphatic hydroxyl groups excluding tert-OH is 1. The number of morpholine rings is 1. The molecule has 1 atom stereocenters. The molecule has 0 bridgehead atoms. The number of ether oxygens (including phenoxy) is 1. The Morgan fingerprint density at radius 2 is 1.93 bits per heavy atom. The molecule has 1 saturated heterocycles. The zero-order chi connectivity index (χ0) is 10.9. The number of hydrogen-bond acceptors (Lipinski definition) is 3. The van der Waals surface area contributed by atoms with Crippen molar-refractivity contribution in [2.75, 3.05) is 32.8 Å². The topological polar surface area (TPSA) is 32.7 Å². The molecule has 0 aliphatic carbocycles. The van der Waals surface area contributed by atoms with Gasteiger partial charge in [-0.2, -0.15) is 0 Å². The molecule has 0 aromatic heterocycles. The fourth-order valence-corrected chi connectivity index (χ4v) is 2.02. The number of hydrogen-bond donors (Lipinski definition) is 1. The van der Waals surface area contributed by atoms with Gasteiger partial charge >= 0.3 is 0 Å². The van der Waals surface area contributed by atoms with Gasteiger partial charge in [-0.05, 0) is 32.2 Å². The Hall–Kier alpha value is -0.120. The van der Waals surface area contributed by atoms with E-state index < -0.39 is 0 Å². The molecule has 0 radical (unpaired) electrons. The average Bonchev–Trinajstić information content (AvgIpc) is 2.26. The third-order valence-corrected chi connectivity index (χ3v) is 2.99. The molecule has 15 heavy (non-hydrogen) atoms. The van der Waals surface area contributed by atoms with Gasteiger partial charge in [0, 0.05) is 13.1 Å². The van der Waals surface area contributed by atoms with Crippen LogP contribution in [-0.2, 0) is 4.74 Å². The molecule has 1 fully saturated rings. The smallest absolute Gasteiger partial charge is 0.0594 e. The molecule has 0 spiro atoms. The van der Waals surface area contributed by atoms with Crippen LogP contribution in [-0.4, -0.2) is 49.0 Å². The summed E-state index contributed by atoms with van der Waals surface area (Å²) in [5.74, 6) is 0. The van der Waals surface area contributed by atoms with E-state index in [2.05, 4.69) is 11.8 Å². The maximum absolute atomic E-state index is 9.55. The summed E-state index contributed by atoms with van der Waals surface area (Å²) in [5, 5.41) is 9.55. The minimum Gasteiger partial charge on any atom is -0.393 e. The zero-order valence-electron chi connectivity index (χ0n) is 9.95. The largest absolute Gasteiger partial charge is 0.393 e. The van der Waals surface area contributed by atoms with Gasteiger partial charge in [-0.25, -0.2) is 0 Å². The van der Waals surface area contributed by atoms with Crippen LogP contribution in [0.5, 0.6) is 0 Å². The lowest BCUT2D eigenvalue weighted by atomic mass is 10.1. The molecule has 1 aliphatic heterocycles. The maximum atomic E-state index is 9.55. The Labute approximate surface area is 93.4 Å². The molecule has 0 aromatic rings. The van der Waals surface area contributed by atoms with Gasteiger partial charge in [0.05, 0.1) is 19.3 Å². The Morgan fingerprint density at radius 3 is 2.60 bits per heavy atom. The summed E-state index contributed by atoms with van der Waals surface area (Å²) in [6.07, 6.45) is 5.30. The van der Waals surface area contributed by atoms with Crippen LogP contribution in [0.1, 0.15) is 39.0 Å². The molecule has 90 valence electrons. The summed E-state index contributed by atoms with van der Waals surface area (Å²) in [6, 6.07) is 0. The first-order valence-electron chi connectivity index (χ1n) is 6.31. The Morgan fingerprint density at radius 1 is 1.20 bits per heavy atom. The molecule has 0 amide bonds. The van der Waals surface area contributed by atoms with E-state index in [4.69, 9.17) is 4.74 Å². The fourth-order valence-electron chi connectivity index (χ4n) is 2.02. The normalized spacial score (nSPS) is 20.4. The predicted molar refractivity (Wildman–Crippen MR) is 62.0 cm³/mol. The van der Waals surface area contributed by atoms with Crippen molar-refractivity contribution in [1.82, 2.24) is 4.90 Å². The van der Waals surface area contributed by atoms with E-state index in [1.165, 1.54) is 13.0 Å². The molecule has 1 rings (SSSR count). The van der Waals surface area contributed by atoms with Crippen molar-refractivity contribution in [3.8, 4) is 0 Å². The van der Waals surface area contributed by atoms with Gasteiger partial charge in [-0.15, -0.1) is 0 Å². The molecule has 3 heteroatoms. The van der Waals surface area contributed by atoms with Gasteiger partial charge in [-0.1, -0.05) is 13.3 Å². The third kappa shape index (κ3) is 6.13. The number of unbranched alkanes of at least 4 members (excludes halogenated alkanes) is 1. The molecule has 1 aliphatic rings. The summed E-state index contributed by atoms with van der Waals surface area (Å²) >= 11 is 0. The molecule has 0 unspecified atom stereocenters. The number of nitrogens with zero attached hydrogens (tertiary/aromatic N) is 1. The number of aliphatic hydroxyl groups is 1. The second-order valence-electron chi connectivity index (χ2n) is 4.39. The first-order chi connectivity index (χ1) is 7.33. The lowest BCUT2D eigenvalue weighted by Gasteiger charge is -2.26. The van der Waals surface area contributed by atoms with Crippen LogP contribution in [0.2, 0.25) is 0 Å². The van der Waals surface area contributed by atoms with Crippen LogP contribution in [0.3, 0.4) is 0 Å². The van der Waals surface area contributed by atoms with Crippen molar-refractivity contribution in [2.24, 2.45) is 0 Å². The van der Waals surface area contributed by atoms with E-state index in [1.54, 1.807) is 0 Å². The first-order valence-corrected chi connectivity index (χ1v) is 6.31. The molecule has 1 heterocycles. The monoisotopic (exact) mass is 215 g/mol. The Kier molecular flexibility index (Phi) is 6.98. The second-order valence-corrected chi connectivity index (χ2v) is 4.39. The van der Waals surface area contributed by atoms with Crippen LogP contribution < -0.4 is 0 Å². The van der Waals surface area contributed by atoms with Gasteiger partial charge in [0.2, 0.25) is 0 Å². The highest BCUT2D eigenvalue weighted by atomic mass is 16.5. The highest BCUT2D eigenvalue weighted by Gasteiger charge is 2.09. The van der Waals surface area contributed by atoms with Crippen LogP contribution in [0.25, 0.3) is 0 Å². The van der Waals surface area contributed by atoms with E-state index in [9.17, 15) is 5.11 Å². The van der Waals surface area contributed by atoms with Gasteiger partial charge in [0.15, 0.2) is 0 Å². The van der Waals surface area contributed by atoms with Crippen molar-refractivity contribution in [1.29, 1.82) is 0 Å². The summed E-state index contributed by atoms with van der Waals surface area (Å²) in [4.78, 5) is 2.45. The van der Waals surface area contributed by atoms with Crippen molar-refractivity contribution < 1.29 is 9.84 Å². The molecule has 1 N–H and O–H groups in total. The Balaban J connectivity index is 1.91. The highest BCUT2D eigenvalue weighted by Crippen LogP contribution is 2.07. The van der Waals surface area contributed by atoms with Crippen LogP contribution in [0.4, 0.5) is 0 Å². The van der Waals surface area contributed by atoms with Crippen LogP contribution >= 0.6 is 0 Å². The molecular weight excluding hydrogens is 190 g/mol. The summed E-state index contributed by atoms with van der Waals surface area (Å²) in [5.41, 5.74) is 0. The summed E-state index contributed by atoms with van der Waals surface area (Å²) in [6.45, 7) is 7.23. The highest BCUT2D eigenvalue weighted by molar-refractivity contribution is 4.62.